The van der Waals surface area contributed by atoms with Crippen molar-refractivity contribution in [2.24, 2.45) is 28.6 Å². The predicted octanol–water partition coefficient (Wildman–Crippen LogP) is -1.43. The first-order chi connectivity index (χ1) is 23.6. The summed E-state index contributed by atoms with van der Waals surface area (Å²) in [6.07, 6.45) is -8.63. The summed E-state index contributed by atoms with van der Waals surface area (Å²) in [6.45, 7) is 3.22. The summed E-state index contributed by atoms with van der Waals surface area (Å²) in [6, 6.07) is 0. The minimum absolute atomic E-state index is 0.00102. The number of esters is 1. The van der Waals surface area contributed by atoms with E-state index in [1.165, 1.54) is 0 Å². The summed E-state index contributed by atoms with van der Waals surface area (Å²) in [5.74, 6) is -0.830. The van der Waals surface area contributed by atoms with Gasteiger partial charge in [0.2, 0.25) is 0 Å². The van der Waals surface area contributed by atoms with Crippen molar-refractivity contribution in [2.45, 2.75) is 150 Å². The van der Waals surface area contributed by atoms with E-state index < -0.39 is 96.2 Å². The van der Waals surface area contributed by atoms with Crippen LogP contribution >= 0.6 is 0 Å². The Kier molecular flexibility index (Phi) is 9.60. The Morgan fingerprint density at radius 2 is 1.56 bits per heavy atom. The van der Waals surface area contributed by atoms with Crippen molar-refractivity contribution < 1.29 is 74.1 Å². The summed E-state index contributed by atoms with van der Waals surface area (Å²) in [5.41, 5.74) is -3.20. The van der Waals surface area contributed by atoms with Crippen molar-refractivity contribution in [3.8, 4) is 0 Å². The van der Waals surface area contributed by atoms with E-state index in [0.717, 1.165) is 18.3 Å². The number of hydrogen-bond acceptors (Lipinski definition) is 15. The zero-order valence-electron chi connectivity index (χ0n) is 28.5. The summed E-state index contributed by atoms with van der Waals surface area (Å²) >= 11 is 0. The molecule has 0 amide bonds. The number of rotatable bonds is 7. The third-order valence-electron chi connectivity index (χ3n) is 14.1. The van der Waals surface area contributed by atoms with Crippen LogP contribution in [0.15, 0.2) is 11.6 Å². The molecular weight excluding hydrogens is 660 g/mol. The number of aldehydes is 1. The van der Waals surface area contributed by atoms with Gasteiger partial charge in [0.1, 0.15) is 55.6 Å². The molecule has 0 spiro atoms. The highest BCUT2D eigenvalue weighted by molar-refractivity contribution is 5.85. The molecule has 4 aliphatic carbocycles. The molecule has 7 aliphatic rings. The Hall–Kier alpha value is -1.60. The van der Waals surface area contributed by atoms with E-state index in [4.69, 9.17) is 23.7 Å². The average molecular weight is 713 g/mol. The molecule has 0 bridgehead atoms. The van der Waals surface area contributed by atoms with Gasteiger partial charge in [0.25, 0.3) is 0 Å². The molecule has 2 unspecified atom stereocenters. The molecule has 4 saturated carbocycles. The minimum Gasteiger partial charge on any atom is -0.458 e. The van der Waals surface area contributed by atoms with E-state index in [-0.39, 0.29) is 43.2 Å². The smallest absolute Gasteiger partial charge is 0.331 e. The molecule has 18 atom stereocenters. The Bertz CT molecular complexity index is 1340. The third-order valence-corrected chi connectivity index (χ3v) is 14.1. The Morgan fingerprint density at radius 1 is 0.860 bits per heavy atom. The molecule has 15 nitrogen and oxygen atoms in total. The number of cyclic esters (lactones) is 1. The van der Waals surface area contributed by atoms with Gasteiger partial charge in [-0.05, 0) is 81.6 Å². The van der Waals surface area contributed by atoms with Crippen LogP contribution in [0.2, 0.25) is 0 Å². The number of carbonyl (C=O) groups is 2. The van der Waals surface area contributed by atoms with E-state index in [1.807, 2.05) is 0 Å². The van der Waals surface area contributed by atoms with Gasteiger partial charge in [0, 0.05) is 17.9 Å². The Labute approximate surface area is 290 Å². The second-order valence-corrected chi connectivity index (χ2v) is 16.2. The molecule has 0 radical (unpaired) electrons. The molecular formula is C35H52O15. The number of hydrogen-bond donors (Lipinski definition) is 8. The lowest BCUT2D eigenvalue weighted by Gasteiger charge is -2.65. The average Bonchev–Trinajstić information content (AvgIpc) is 3.64. The Balaban J connectivity index is 1.02. The number of aliphatic hydroxyl groups excluding tert-OH is 6. The van der Waals surface area contributed by atoms with Gasteiger partial charge in [-0.15, -0.1) is 0 Å². The van der Waals surface area contributed by atoms with Crippen LogP contribution in [0.4, 0.5) is 0 Å². The van der Waals surface area contributed by atoms with E-state index in [0.29, 0.717) is 38.5 Å². The predicted molar refractivity (Wildman–Crippen MR) is 167 cm³/mol. The minimum atomic E-state index is -1.71. The van der Waals surface area contributed by atoms with Gasteiger partial charge in [-0.25, -0.2) is 4.79 Å². The van der Waals surface area contributed by atoms with E-state index in [1.54, 1.807) is 13.0 Å². The maximum absolute atomic E-state index is 13.2. The number of aliphatic hydroxyl groups is 8. The highest BCUT2D eigenvalue weighted by Gasteiger charge is 2.71. The Morgan fingerprint density at radius 3 is 2.24 bits per heavy atom. The molecule has 282 valence electrons. The van der Waals surface area contributed by atoms with Crippen molar-refractivity contribution in [1.82, 2.24) is 0 Å². The molecule has 3 heterocycles. The monoisotopic (exact) mass is 712 g/mol. The topological polar surface area (TPSA) is 242 Å². The van der Waals surface area contributed by atoms with Crippen LogP contribution in [0.5, 0.6) is 0 Å². The van der Waals surface area contributed by atoms with Gasteiger partial charge in [-0.2, -0.15) is 0 Å². The summed E-state index contributed by atoms with van der Waals surface area (Å²) in [7, 11) is 0. The van der Waals surface area contributed by atoms with E-state index in [2.05, 4.69) is 6.92 Å². The lowest BCUT2D eigenvalue weighted by molar-refractivity contribution is -0.361. The third kappa shape index (κ3) is 5.37. The van der Waals surface area contributed by atoms with Crippen molar-refractivity contribution in [2.75, 3.05) is 13.2 Å². The van der Waals surface area contributed by atoms with Crippen molar-refractivity contribution in [1.29, 1.82) is 0 Å². The molecule has 6 fully saturated rings. The number of fused-ring (bicyclic) bond motifs is 5. The molecule has 2 saturated heterocycles. The largest absolute Gasteiger partial charge is 0.458 e. The van der Waals surface area contributed by atoms with Crippen LogP contribution in [0, 0.1) is 28.6 Å². The van der Waals surface area contributed by atoms with Gasteiger partial charge in [-0.1, -0.05) is 6.92 Å². The molecule has 8 N–H and O–H groups in total. The fourth-order valence-electron chi connectivity index (χ4n) is 11.3. The maximum Gasteiger partial charge on any atom is 0.331 e. The number of ether oxygens (including phenoxy) is 5. The highest BCUT2D eigenvalue weighted by atomic mass is 16.7. The quantitative estimate of drug-likeness (QED) is 0.0858. The molecule has 0 aromatic rings. The zero-order valence-corrected chi connectivity index (χ0v) is 28.5. The van der Waals surface area contributed by atoms with Crippen LogP contribution < -0.4 is 0 Å². The van der Waals surface area contributed by atoms with Crippen LogP contribution in [0.1, 0.15) is 71.6 Å². The first-order valence-electron chi connectivity index (χ1n) is 18.0. The zero-order chi connectivity index (χ0) is 36.0. The van der Waals surface area contributed by atoms with Crippen LogP contribution in [-0.4, -0.2) is 145 Å². The molecule has 15 heteroatoms. The standard InChI is InChI=1S/C35H52O15/c1-16-29(50-31-27(42)25(40)24(39)22(13-36)49-31)26(41)28(43)30(47-16)48-18-3-8-33(15-37)20-4-7-32(2)19(17-11-23(38)46-14-17)6-10-35(32,45)21(20)5-9-34(33,44)12-18/h11,15-16,18-22,24-31,36,39-45H,3-10,12-14H2,1-2H3/t16-,18-,19+,20-,21+,22+,24+,25-,26-,27+,28+,29?,30-,31?,32+,33-,34-,35-/m0/s1. The van der Waals surface area contributed by atoms with Gasteiger partial charge < -0.3 is 69.3 Å². The van der Waals surface area contributed by atoms with Crippen molar-refractivity contribution >= 4 is 12.3 Å². The summed E-state index contributed by atoms with van der Waals surface area (Å²) in [4.78, 5) is 25.1. The molecule has 7 rings (SSSR count). The lowest BCUT2D eigenvalue weighted by atomic mass is 9.41. The fraction of sp³-hybridized carbons (Fsp3) is 0.886. The summed E-state index contributed by atoms with van der Waals surface area (Å²) < 4.78 is 28.4. The first kappa shape index (κ1) is 36.7. The van der Waals surface area contributed by atoms with Crippen LogP contribution in [0.3, 0.4) is 0 Å². The number of carbonyl (C=O) groups excluding carboxylic acids is 2. The van der Waals surface area contributed by atoms with Crippen molar-refractivity contribution in [3.05, 3.63) is 11.6 Å². The molecule has 50 heavy (non-hydrogen) atoms. The van der Waals surface area contributed by atoms with E-state index in [9.17, 15) is 50.4 Å². The van der Waals surface area contributed by atoms with Gasteiger partial charge in [-0.3, -0.25) is 0 Å². The van der Waals surface area contributed by atoms with Gasteiger partial charge >= 0.3 is 5.97 Å². The van der Waals surface area contributed by atoms with E-state index >= 15 is 0 Å². The first-order valence-corrected chi connectivity index (χ1v) is 18.0. The lowest BCUT2D eigenvalue weighted by Crippen LogP contribution is -2.69. The normalized spacial score (nSPS) is 55.0. The van der Waals surface area contributed by atoms with Crippen LogP contribution in [-0.2, 0) is 33.3 Å². The van der Waals surface area contributed by atoms with Crippen molar-refractivity contribution in [3.63, 3.8) is 0 Å². The second-order valence-electron chi connectivity index (χ2n) is 16.2. The molecule has 3 aliphatic heterocycles. The summed E-state index contributed by atoms with van der Waals surface area (Å²) in [5, 5.41) is 87.0. The van der Waals surface area contributed by atoms with Gasteiger partial charge in [0.05, 0.1) is 35.4 Å². The highest BCUT2D eigenvalue weighted by Crippen LogP contribution is 2.70. The molecule has 0 aromatic heterocycles. The molecule has 0 aromatic carbocycles. The van der Waals surface area contributed by atoms with Gasteiger partial charge in [0.15, 0.2) is 12.6 Å². The SMILES string of the molecule is C[C@@H]1O[C@@H](O[C@H]2CC[C@]3(C=O)[C@H]4CC[C@]5(C)[C@@H](C6=CC(=O)OC6)CC[C@]5(O)[C@@H]4CC[C@]3(O)C2)[C@H](O)[C@H](O)C1OC1O[C@H](CO)[C@@H](O)[C@H](O)[C@H]1O. The maximum atomic E-state index is 13.2. The second kappa shape index (κ2) is 13.1. The van der Waals surface area contributed by atoms with Crippen LogP contribution in [0.25, 0.3) is 0 Å². The fourth-order valence-corrected chi connectivity index (χ4v) is 11.3.